The van der Waals surface area contributed by atoms with E-state index in [0.717, 1.165) is 38.5 Å². The van der Waals surface area contributed by atoms with Gasteiger partial charge in [0, 0.05) is 13.2 Å². The van der Waals surface area contributed by atoms with E-state index < -0.39 is 6.18 Å². The van der Waals surface area contributed by atoms with Gasteiger partial charge in [-0.25, -0.2) is 0 Å². The van der Waals surface area contributed by atoms with Gasteiger partial charge in [-0.1, -0.05) is 30.3 Å². The molecule has 1 nitrogen and oxygen atoms in total. The highest BCUT2D eigenvalue weighted by molar-refractivity contribution is 5.28. The Hall–Kier alpha value is -1.29. The lowest BCUT2D eigenvalue weighted by Gasteiger charge is -2.29. The van der Waals surface area contributed by atoms with E-state index in [2.05, 4.69) is 24.3 Å². The van der Waals surface area contributed by atoms with Gasteiger partial charge in [0.1, 0.15) is 0 Å². The molecular weight excluding hydrogens is 337 g/mol. The van der Waals surface area contributed by atoms with Gasteiger partial charge in [-0.3, -0.25) is 0 Å². The van der Waals surface area contributed by atoms with Crippen LogP contribution in [-0.4, -0.2) is 19.4 Å². The Morgan fingerprint density at radius 3 is 1.69 bits per heavy atom. The van der Waals surface area contributed by atoms with Crippen molar-refractivity contribution in [2.45, 2.75) is 75.5 Å². The second-order valence-electron chi connectivity index (χ2n) is 7.89. The van der Waals surface area contributed by atoms with Gasteiger partial charge >= 0.3 is 6.18 Å². The largest absolute Gasteiger partial charge is 0.409 e. The molecule has 0 amide bonds. The molecule has 0 aromatic heterocycles. The molecule has 26 heavy (non-hydrogen) atoms. The summed E-state index contributed by atoms with van der Waals surface area (Å²) in [7, 11) is 1.80. The Bertz CT molecular complexity index is 574. The van der Waals surface area contributed by atoms with Crippen LogP contribution in [0.2, 0.25) is 0 Å². The van der Waals surface area contributed by atoms with E-state index in [-0.39, 0.29) is 5.92 Å². The van der Waals surface area contributed by atoms with Gasteiger partial charge in [-0.05, 0) is 80.2 Å². The van der Waals surface area contributed by atoms with Crippen LogP contribution in [0.25, 0.3) is 0 Å². The first kappa shape index (κ1) is 19.5. The van der Waals surface area contributed by atoms with Crippen LogP contribution in [0, 0.1) is 5.92 Å². The lowest BCUT2D eigenvalue weighted by atomic mass is 9.77. The predicted molar refractivity (Wildman–Crippen MR) is 98.3 cm³/mol. The molecule has 4 heteroatoms. The molecule has 1 aromatic carbocycles. The number of rotatable bonds is 4. The third kappa shape index (κ3) is 5.35. The lowest BCUT2D eigenvalue weighted by molar-refractivity contribution is -0.0803. The topological polar surface area (TPSA) is 9.23 Å². The van der Waals surface area contributed by atoms with Crippen molar-refractivity contribution in [3.63, 3.8) is 0 Å². The average molecular weight is 366 g/mol. The Morgan fingerprint density at radius 1 is 0.808 bits per heavy atom. The molecule has 2 aliphatic rings. The highest BCUT2D eigenvalue weighted by Crippen LogP contribution is 2.38. The summed E-state index contributed by atoms with van der Waals surface area (Å²) >= 11 is 0. The molecule has 2 saturated carbocycles. The van der Waals surface area contributed by atoms with Crippen molar-refractivity contribution in [2.24, 2.45) is 5.92 Å². The zero-order valence-electron chi connectivity index (χ0n) is 15.5. The number of halogens is 3. The van der Waals surface area contributed by atoms with Gasteiger partial charge in [0.2, 0.25) is 0 Å². The SMILES string of the molecule is CO[C@H]1CC[C@H](c2ccc([C@H]3CC[C@H](/C=C/C(F)(F)F)CC3)cc2)CC1. The third-order valence-electron chi connectivity index (χ3n) is 6.22. The summed E-state index contributed by atoms with van der Waals surface area (Å²) in [6.07, 6.45) is 6.30. The first-order chi connectivity index (χ1) is 12.4. The smallest absolute Gasteiger partial charge is 0.381 e. The molecule has 0 atom stereocenters. The second-order valence-corrected chi connectivity index (χ2v) is 7.89. The highest BCUT2D eigenvalue weighted by Gasteiger charge is 2.26. The summed E-state index contributed by atoms with van der Waals surface area (Å²) in [4.78, 5) is 0. The zero-order chi connectivity index (χ0) is 18.6. The molecule has 0 spiro atoms. The van der Waals surface area contributed by atoms with E-state index >= 15 is 0 Å². The molecule has 144 valence electrons. The minimum Gasteiger partial charge on any atom is -0.381 e. The van der Waals surface area contributed by atoms with Crippen LogP contribution < -0.4 is 0 Å². The lowest BCUT2D eigenvalue weighted by Crippen LogP contribution is -2.19. The van der Waals surface area contributed by atoms with Crippen molar-refractivity contribution >= 4 is 0 Å². The molecule has 0 saturated heterocycles. The summed E-state index contributed by atoms with van der Waals surface area (Å²) in [5, 5.41) is 0. The van der Waals surface area contributed by atoms with Gasteiger partial charge in [-0.15, -0.1) is 0 Å². The summed E-state index contributed by atoms with van der Waals surface area (Å²) in [5.74, 6) is 1.20. The van der Waals surface area contributed by atoms with E-state index in [4.69, 9.17) is 4.74 Å². The molecule has 2 fully saturated rings. The predicted octanol–water partition coefficient (Wildman–Crippen LogP) is 6.75. The number of hydrogen-bond donors (Lipinski definition) is 0. The van der Waals surface area contributed by atoms with Gasteiger partial charge in [0.15, 0.2) is 0 Å². The van der Waals surface area contributed by atoms with Crippen molar-refractivity contribution < 1.29 is 17.9 Å². The second kappa shape index (κ2) is 8.60. The Kier molecular flexibility index (Phi) is 6.44. The maximum atomic E-state index is 12.3. The van der Waals surface area contributed by atoms with Crippen LogP contribution in [0.3, 0.4) is 0 Å². The fraction of sp³-hybridized carbons (Fsp3) is 0.636. The standard InChI is InChI=1S/C22H29F3O/c1-26-21-12-10-20(11-13-21)19-8-6-18(7-9-19)17-4-2-16(3-5-17)14-15-22(23,24)25/h6-9,14-17,20-21H,2-5,10-13H2,1H3/b15-14+/t16-,17-,20-,21-. The third-order valence-corrected chi connectivity index (χ3v) is 6.22. The van der Waals surface area contributed by atoms with Crippen LogP contribution in [0.5, 0.6) is 0 Å². The minimum atomic E-state index is -4.19. The number of methoxy groups -OCH3 is 1. The number of ether oxygens (including phenoxy) is 1. The normalized spacial score (nSPS) is 30.6. The van der Waals surface area contributed by atoms with E-state index in [1.54, 1.807) is 7.11 Å². The number of alkyl halides is 3. The Morgan fingerprint density at radius 2 is 1.27 bits per heavy atom. The molecule has 0 aliphatic heterocycles. The maximum Gasteiger partial charge on any atom is 0.409 e. The van der Waals surface area contributed by atoms with Gasteiger partial charge in [0.05, 0.1) is 6.10 Å². The van der Waals surface area contributed by atoms with Crippen LogP contribution in [-0.2, 0) is 4.74 Å². The highest BCUT2D eigenvalue weighted by atomic mass is 19.4. The van der Waals surface area contributed by atoms with Crippen molar-refractivity contribution in [3.8, 4) is 0 Å². The first-order valence-electron chi connectivity index (χ1n) is 9.83. The maximum absolute atomic E-state index is 12.3. The Labute approximate surface area is 154 Å². The van der Waals surface area contributed by atoms with Crippen molar-refractivity contribution in [1.82, 2.24) is 0 Å². The molecule has 0 bridgehead atoms. The van der Waals surface area contributed by atoms with Gasteiger partial charge in [-0.2, -0.15) is 13.2 Å². The van der Waals surface area contributed by atoms with Crippen LogP contribution >= 0.6 is 0 Å². The summed E-state index contributed by atoms with van der Waals surface area (Å²) in [5.41, 5.74) is 2.77. The molecular formula is C22H29F3O. The molecule has 0 N–H and O–H groups in total. The number of hydrogen-bond acceptors (Lipinski definition) is 1. The zero-order valence-corrected chi connectivity index (χ0v) is 15.5. The van der Waals surface area contributed by atoms with Gasteiger partial charge in [0.25, 0.3) is 0 Å². The minimum absolute atomic E-state index is 0.0723. The van der Waals surface area contributed by atoms with Crippen LogP contribution in [0.4, 0.5) is 13.2 Å². The van der Waals surface area contributed by atoms with Crippen molar-refractivity contribution in [3.05, 3.63) is 47.5 Å². The van der Waals surface area contributed by atoms with Crippen LogP contribution in [0.15, 0.2) is 36.4 Å². The van der Waals surface area contributed by atoms with E-state index in [9.17, 15) is 13.2 Å². The monoisotopic (exact) mass is 366 g/mol. The first-order valence-corrected chi connectivity index (χ1v) is 9.83. The average Bonchev–Trinajstić information content (AvgIpc) is 2.66. The molecule has 0 radical (unpaired) electrons. The van der Waals surface area contributed by atoms with Gasteiger partial charge < -0.3 is 4.74 Å². The molecule has 2 aliphatic carbocycles. The number of allylic oxidation sites excluding steroid dienone is 2. The van der Waals surface area contributed by atoms with E-state index in [1.165, 1.54) is 30.0 Å². The summed E-state index contributed by atoms with van der Waals surface area (Å²) in [6.45, 7) is 0. The summed E-state index contributed by atoms with van der Waals surface area (Å²) < 4.78 is 42.3. The number of benzene rings is 1. The molecule has 3 rings (SSSR count). The Balaban J connectivity index is 1.51. The summed E-state index contributed by atoms with van der Waals surface area (Å²) in [6, 6.07) is 9.02. The van der Waals surface area contributed by atoms with Crippen molar-refractivity contribution in [1.29, 1.82) is 0 Å². The molecule has 0 unspecified atom stereocenters. The molecule has 1 aromatic rings. The molecule has 0 heterocycles. The quantitative estimate of drug-likeness (QED) is 0.535. The van der Waals surface area contributed by atoms with E-state index in [0.29, 0.717) is 24.0 Å². The fourth-order valence-electron chi connectivity index (χ4n) is 4.56. The van der Waals surface area contributed by atoms with Crippen LogP contribution in [0.1, 0.15) is 74.3 Å². The van der Waals surface area contributed by atoms with Crippen molar-refractivity contribution in [2.75, 3.05) is 7.11 Å². The van der Waals surface area contributed by atoms with E-state index in [1.807, 2.05) is 0 Å². The fourth-order valence-corrected chi connectivity index (χ4v) is 4.56.